The van der Waals surface area contributed by atoms with E-state index in [0.29, 0.717) is 4.83 Å². The lowest BCUT2D eigenvalue weighted by Gasteiger charge is -2.29. The highest BCUT2D eigenvalue weighted by Gasteiger charge is 2.24. The van der Waals surface area contributed by atoms with Crippen molar-refractivity contribution in [1.29, 1.82) is 0 Å². The fraction of sp³-hybridized carbons (Fsp3) is 0.500. The number of amides is 1. The number of carbonyl (C=O) groups is 1. The van der Waals surface area contributed by atoms with Gasteiger partial charge in [0.15, 0.2) is 0 Å². The molecule has 15 heavy (non-hydrogen) atoms. The summed E-state index contributed by atoms with van der Waals surface area (Å²) >= 11 is 8.48. The van der Waals surface area contributed by atoms with Gasteiger partial charge in [-0.3, -0.25) is 4.79 Å². The van der Waals surface area contributed by atoms with Gasteiger partial charge in [0.1, 0.15) is 4.88 Å². The van der Waals surface area contributed by atoms with Gasteiger partial charge in [-0.25, -0.2) is 0 Å². The Morgan fingerprint density at radius 1 is 1.60 bits per heavy atom. The minimum atomic E-state index is 0.154. The Kier molecular flexibility index (Phi) is 3.85. The molecule has 1 amide bonds. The maximum Gasteiger partial charge on any atom is 0.265 e. The molecule has 0 saturated carbocycles. The first-order valence-corrected chi connectivity index (χ1v) is 7.43. The number of hydrogen-bond acceptors (Lipinski definition) is 2. The maximum absolute atomic E-state index is 12.1. The number of alkyl halides is 1. The predicted octanol–water partition coefficient (Wildman–Crippen LogP) is 3.51. The molecule has 1 aromatic heterocycles. The second-order valence-corrected chi connectivity index (χ2v) is 6.65. The van der Waals surface area contributed by atoms with Crippen molar-refractivity contribution < 1.29 is 4.79 Å². The second-order valence-electron chi connectivity index (χ2n) is 3.59. The average Bonchev–Trinajstić information content (AvgIpc) is 2.63. The van der Waals surface area contributed by atoms with Crippen molar-refractivity contribution in [2.75, 3.05) is 13.1 Å². The van der Waals surface area contributed by atoms with E-state index in [1.54, 1.807) is 0 Å². The fourth-order valence-corrected chi connectivity index (χ4v) is 3.88. The van der Waals surface area contributed by atoms with Crippen molar-refractivity contribution in [3.8, 4) is 0 Å². The highest BCUT2D eigenvalue weighted by atomic mass is 79.9. The van der Waals surface area contributed by atoms with Crippen LogP contribution in [0.1, 0.15) is 22.5 Å². The van der Waals surface area contributed by atoms with Crippen LogP contribution in [-0.2, 0) is 0 Å². The van der Waals surface area contributed by atoms with Crippen molar-refractivity contribution in [3.05, 3.63) is 20.8 Å². The van der Waals surface area contributed by atoms with Gasteiger partial charge in [-0.1, -0.05) is 15.9 Å². The molecule has 82 valence electrons. The Labute approximate surface area is 110 Å². The smallest absolute Gasteiger partial charge is 0.265 e. The molecule has 0 aromatic carbocycles. The summed E-state index contributed by atoms with van der Waals surface area (Å²) in [4.78, 5) is 15.3. The molecule has 1 aromatic rings. The van der Waals surface area contributed by atoms with Gasteiger partial charge in [0, 0.05) is 22.4 Å². The van der Waals surface area contributed by atoms with Crippen LogP contribution in [0.2, 0.25) is 0 Å². The molecule has 0 spiro atoms. The zero-order valence-electron chi connectivity index (χ0n) is 8.08. The van der Waals surface area contributed by atoms with Gasteiger partial charge in [-0.15, -0.1) is 11.3 Å². The van der Waals surface area contributed by atoms with Crippen LogP contribution in [-0.4, -0.2) is 28.7 Å². The van der Waals surface area contributed by atoms with E-state index in [2.05, 4.69) is 31.9 Å². The fourth-order valence-electron chi connectivity index (χ4n) is 1.70. The first-order chi connectivity index (χ1) is 7.18. The van der Waals surface area contributed by atoms with Crippen LogP contribution in [0.25, 0.3) is 0 Å². The van der Waals surface area contributed by atoms with Gasteiger partial charge in [0.25, 0.3) is 5.91 Å². The average molecular weight is 353 g/mol. The van der Waals surface area contributed by atoms with Crippen molar-refractivity contribution in [3.63, 3.8) is 0 Å². The predicted molar refractivity (Wildman–Crippen MR) is 69.9 cm³/mol. The Morgan fingerprint density at radius 3 is 3.00 bits per heavy atom. The number of piperidine rings is 1. The molecule has 2 heterocycles. The van der Waals surface area contributed by atoms with Crippen LogP contribution in [0.15, 0.2) is 15.9 Å². The molecule has 2 nitrogen and oxygen atoms in total. The van der Waals surface area contributed by atoms with Crippen molar-refractivity contribution in [2.45, 2.75) is 17.7 Å². The van der Waals surface area contributed by atoms with Crippen LogP contribution in [0, 0.1) is 0 Å². The second kappa shape index (κ2) is 4.97. The number of rotatable bonds is 1. The van der Waals surface area contributed by atoms with E-state index in [9.17, 15) is 4.79 Å². The Morgan fingerprint density at radius 2 is 2.40 bits per heavy atom. The zero-order chi connectivity index (χ0) is 10.8. The van der Waals surface area contributed by atoms with Gasteiger partial charge in [-0.2, -0.15) is 0 Å². The third kappa shape index (κ3) is 2.63. The lowest BCUT2D eigenvalue weighted by atomic mass is 10.1. The summed E-state index contributed by atoms with van der Waals surface area (Å²) in [5.74, 6) is 0.154. The van der Waals surface area contributed by atoms with E-state index in [1.165, 1.54) is 11.3 Å². The first-order valence-electron chi connectivity index (χ1n) is 4.85. The molecule has 0 N–H and O–H groups in total. The number of carbonyl (C=O) groups excluding carboxylic acids is 1. The van der Waals surface area contributed by atoms with Gasteiger partial charge in [0.05, 0.1) is 0 Å². The van der Waals surface area contributed by atoms with Crippen LogP contribution in [0.5, 0.6) is 0 Å². The quantitative estimate of drug-likeness (QED) is 0.708. The van der Waals surface area contributed by atoms with Crippen molar-refractivity contribution in [1.82, 2.24) is 4.90 Å². The van der Waals surface area contributed by atoms with Gasteiger partial charge in [-0.05, 0) is 40.2 Å². The summed E-state index contributed by atoms with van der Waals surface area (Å²) in [7, 11) is 0. The van der Waals surface area contributed by atoms with Gasteiger partial charge in [0.2, 0.25) is 0 Å². The molecule has 1 aliphatic rings. The molecule has 1 saturated heterocycles. The van der Waals surface area contributed by atoms with Crippen LogP contribution in [0.3, 0.4) is 0 Å². The highest BCUT2D eigenvalue weighted by Crippen LogP contribution is 2.26. The van der Waals surface area contributed by atoms with Crippen molar-refractivity contribution >= 4 is 49.1 Å². The summed E-state index contributed by atoms with van der Waals surface area (Å²) in [5, 5.41) is 1.94. The highest BCUT2D eigenvalue weighted by molar-refractivity contribution is 9.10. The Balaban J connectivity index is 2.11. The van der Waals surface area contributed by atoms with Crippen LogP contribution < -0.4 is 0 Å². The SMILES string of the molecule is O=C(c1sccc1Br)N1CCCC(Br)C1. The number of likely N-dealkylation sites (tertiary alicyclic amines) is 1. The van der Waals surface area contributed by atoms with Gasteiger partial charge >= 0.3 is 0 Å². The van der Waals surface area contributed by atoms with E-state index >= 15 is 0 Å². The normalized spacial score (nSPS) is 21.7. The molecule has 2 rings (SSSR count). The minimum Gasteiger partial charge on any atom is -0.337 e. The molecule has 0 bridgehead atoms. The van der Waals surface area contributed by atoms with E-state index in [-0.39, 0.29) is 5.91 Å². The molecule has 1 unspecified atom stereocenters. The lowest BCUT2D eigenvalue weighted by Crippen LogP contribution is -2.40. The molecule has 1 fully saturated rings. The zero-order valence-corrected chi connectivity index (χ0v) is 12.1. The lowest BCUT2D eigenvalue weighted by molar-refractivity contribution is 0.0734. The van der Waals surface area contributed by atoms with E-state index < -0.39 is 0 Å². The maximum atomic E-state index is 12.1. The molecule has 1 aliphatic heterocycles. The first kappa shape index (κ1) is 11.6. The standard InChI is InChI=1S/C10H11Br2NOS/c11-7-2-1-4-13(6-7)10(14)9-8(12)3-5-15-9/h3,5,7H,1-2,4,6H2. The third-order valence-corrected chi connectivity index (χ3v) is 5.04. The van der Waals surface area contributed by atoms with Gasteiger partial charge < -0.3 is 4.90 Å². The van der Waals surface area contributed by atoms with E-state index in [4.69, 9.17) is 0 Å². The summed E-state index contributed by atoms with van der Waals surface area (Å²) in [6.07, 6.45) is 2.25. The summed E-state index contributed by atoms with van der Waals surface area (Å²) in [6, 6.07) is 1.92. The minimum absolute atomic E-state index is 0.154. The topological polar surface area (TPSA) is 20.3 Å². The summed E-state index contributed by atoms with van der Waals surface area (Å²) < 4.78 is 0.911. The van der Waals surface area contributed by atoms with E-state index in [1.807, 2.05) is 16.3 Å². The number of halogens is 2. The summed E-state index contributed by atoms with van der Waals surface area (Å²) in [5.41, 5.74) is 0. The number of nitrogens with zero attached hydrogens (tertiary/aromatic N) is 1. The molecular formula is C10H11Br2NOS. The number of hydrogen-bond donors (Lipinski definition) is 0. The molecule has 0 aliphatic carbocycles. The molecule has 0 radical (unpaired) electrons. The summed E-state index contributed by atoms with van der Waals surface area (Å²) in [6.45, 7) is 1.70. The van der Waals surface area contributed by atoms with Crippen LogP contribution in [0.4, 0.5) is 0 Å². The number of thiophene rings is 1. The Hall–Kier alpha value is 0.130. The molecule has 5 heteroatoms. The monoisotopic (exact) mass is 351 g/mol. The van der Waals surface area contributed by atoms with Crippen LogP contribution >= 0.6 is 43.2 Å². The molecule has 1 atom stereocenters. The largest absolute Gasteiger partial charge is 0.337 e. The van der Waals surface area contributed by atoms with E-state index in [0.717, 1.165) is 35.3 Å². The van der Waals surface area contributed by atoms with Crippen molar-refractivity contribution in [2.24, 2.45) is 0 Å². The third-order valence-electron chi connectivity index (χ3n) is 2.46. The molecular weight excluding hydrogens is 342 g/mol. The Bertz CT molecular complexity index is 366.